The third-order valence-electron chi connectivity index (χ3n) is 3.81. The van der Waals surface area contributed by atoms with E-state index >= 15 is 0 Å². The molecule has 0 unspecified atom stereocenters. The highest BCUT2D eigenvalue weighted by atomic mass is 79.9. The third kappa shape index (κ3) is 4.62. The van der Waals surface area contributed by atoms with Crippen LogP contribution in [0.4, 0.5) is 4.39 Å². The van der Waals surface area contributed by atoms with Gasteiger partial charge < -0.3 is 20.3 Å². The Balaban J connectivity index is 0.000000192. The number of carbonyl (C=O) groups excluding carboxylic acids is 1. The number of nitrogens with one attached hydrogen (secondary N) is 1. The van der Waals surface area contributed by atoms with Gasteiger partial charge in [0.05, 0.1) is 13.0 Å². The minimum Gasteiger partial charge on any atom is -0.396 e. The highest BCUT2D eigenvalue weighted by Gasteiger charge is 2.13. The summed E-state index contributed by atoms with van der Waals surface area (Å²) in [5.41, 5.74) is 7.13. The molecule has 4 N–H and O–H groups in total. The first-order chi connectivity index (χ1) is 13.5. The van der Waals surface area contributed by atoms with Crippen molar-refractivity contribution in [1.82, 2.24) is 15.1 Å². The number of benzene rings is 2. The van der Waals surface area contributed by atoms with Crippen molar-refractivity contribution in [3.8, 4) is 11.4 Å². The number of aliphatic hydroxyl groups excluding tert-OH is 1. The molecular formula is C19H16BrFN4O3. The number of rotatable bonds is 4. The number of hydrogen-bond donors (Lipinski definition) is 3. The summed E-state index contributed by atoms with van der Waals surface area (Å²) in [5, 5.41) is 13.8. The Hall–Kier alpha value is -3.04. The predicted molar refractivity (Wildman–Crippen MR) is 105 cm³/mol. The average Bonchev–Trinajstić information content (AvgIpc) is 3.29. The van der Waals surface area contributed by atoms with Crippen LogP contribution < -0.4 is 5.73 Å². The first-order valence-corrected chi connectivity index (χ1v) is 9.03. The maximum Gasteiger partial charge on any atom is 0.248 e. The normalized spacial score (nSPS) is 10.5. The molecule has 0 fully saturated rings. The largest absolute Gasteiger partial charge is 0.396 e. The Bertz CT molecular complexity index is 1090. The molecule has 2 aromatic carbocycles. The molecule has 7 nitrogen and oxygen atoms in total. The zero-order chi connectivity index (χ0) is 20.1. The monoisotopic (exact) mass is 446 g/mol. The van der Waals surface area contributed by atoms with Crippen LogP contribution in [0, 0.1) is 5.82 Å². The van der Waals surface area contributed by atoms with Crippen LogP contribution >= 0.6 is 15.9 Å². The quantitative estimate of drug-likeness (QED) is 0.443. The molecule has 1 amide bonds. The van der Waals surface area contributed by atoms with E-state index in [0.29, 0.717) is 23.7 Å². The second-order valence-electron chi connectivity index (χ2n) is 5.75. The Morgan fingerprint density at radius 3 is 2.68 bits per heavy atom. The highest BCUT2D eigenvalue weighted by Crippen LogP contribution is 2.28. The fourth-order valence-corrected chi connectivity index (χ4v) is 2.81. The van der Waals surface area contributed by atoms with Crippen LogP contribution in [0.25, 0.3) is 22.3 Å². The van der Waals surface area contributed by atoms with Gasteiger partial charge in [-0.3, -0.25) is 4.79 Å². The molecule has 0 aliphatic carbocycles. The Labute approximate surface area is 167 Å². The number of hydrogen-bond acceptors (Lipinski definition) is 5. The number of primary amides is 1. The van der Waals surface area contributed by atoms with Crippen molar-refractivity contribution in [3.05, 3.63) is 70.4 Å². The van der Waals surface area contributed by atoms with Gasteiger partial charge in [-0.15, -0.1) is 0 Å². The minimum atomic E-state index is -0.542. The number of nitrogens with two attached hydrogens (primary N) is 1. The SMILES string of the molecule is NC(=O)c1ccc(F)cc1.OCCc1nc(-c2c[nH]c3ccc(Br)cc23)no1. The fraction of sp³-hybridized carbons (Fsp3) is 0.105. The summed E-state index contributed by atoms with van der Waals surface area (Å²) in [7, 11) is 0. The molecule has 144 valence electrons. The second kappa shape index (κ2) is 8.77. The fourth-order valence-electron chi connectivity index (χ4n) is 2.45. The zero-order valence-electron chi connectivity index (χ0n) is 14.5. The summed E-state index contributed by atoms with van der Waals surface area (Å²) in [5.74, 6) is 0.0599. The van der Waals surface area contributed by atoms with Crippen molar-refractivity contribution in [1.29, 1.82) is 0 Å². The molecule has 0 saturated heterocycles. The lowest BCUT2D eigenvalue weighted by atomic mass is 10.2. The van der Waals surface area contributed by atoms with E-state index < -0.39 is 5.91 Å². The Morgan fingerprint density at radius 1 is 1.25 bits per heavy atom. The number of halogens is 2. The van der Waals surface area contributed by atoms with Crippen LogP contribution in [-0.2, 0) is 6.42 Å². The first-order valence-electron chi connectivity index (χ1n) is 8.23. The van der Waals surface area contributed by atoms with Gasteiger partial charge in [0.15, 0.2) is 0 Å². The van der Waals surface area contributed by atoms with Crippen LogP contribution in [0.3, 0.4) is 0 Å². The summed E-state index contributed by atoms with van der Waals surface area (Å²) < 4.78 is 18.3. The van der Waals surface area contributed by atoms with E-state index in [-0.39, 0.29) is 12.4 Å². The summed E-state index contributed by atoms with van der Waals surface area (Å²) in [6, 6.07) is 11.0. The molecule has 0 aliphatic heterocycles. The van der Waals surface area contributed by atoms with E-state index in [1.807, 2.05) is 24.4 Å². The molecule has 2 aromatic heterocycles. The molecule has 4 rings (SSSR count). The van der Waals surface area contributed by atoms with Gasteiger partial charge in [0.1, 0.15) is 5.82 Å². The molecule has 4 aromatic rings. The first kappa shape index (κ1) is 19.7. The Morgan fingerprint density at radius 2 is 2.00 bits per heavy atom. The van der Waals surface area contributed by atoms with Gasteiger partial charge in [0.25, 0.3) is 0 Å². The number of aromatic amines is 1. The molecule has 0 atom stereocenters. The number of carbonyl (C=O) groups is 1. The number of aromatic nitrogens is 3. The van der Waals surface area contributed by atoms with Crippen molar-refractivity contribution in [2.45, 2.75) is 6.42 Å². The summed E-state index contributed by atoms with van der Waals surface area (Å²) in [4.78, 5) is 17.8. The Kier molecular flexibility index (Phi) is 6.17. The van der Waals surface area contributed by atoms with E-state index in [9.17, 15) is 9.18 Å². The maximum atomic E-state index is 12.2. The highest BCUT2D eigenvalue weighted by molar-refractivity contribution is 9.10. The number of fused-ring (bicyclic) bond motifs is 1. The summed E-state index contributed by atoms with van der Waals surface area (Å²) >= 11 is 3.44. The number of H-pyrrole nitrogens is 1. The zero-order valence-corrected chi connectivity index (χ0v) is 16.1. The molecule has 28 heavy (non-hydrogen) atoms. The van der Waals surface area contributed by atoms with Crippen LogP contribution in [0.5, 0.6) is 0 Å². The van der Waals surface area contributed by atoms with Gasteiger partial charge in [-0.25, -0.2) is 4.39 Å². The van der Waals surface area contributed by atoms with Gasteiger partial charge in [-0.1, -0.05) is 21.1 Å². The molecule has 9 heteroatoms. The van der Waals surface area contributed by atoms with Gasteiger partial charge in [0.2, 0.25) is 17.6 Å². The maximum absolute atomic E-state index is 12.2. The van der Waals surface area contributed by atoms with Crippen LogP contribution in [0.1, 0.15) is 16.2 Å². The predicted octanol–water partition coefficient (Wildman–Crippen LogP) is 3.44. The molecule has 0 saturated carbocycles. The molecule has 0 spiro atoms. The van der Waals surface area contributed by atoms with E-state index in [1.54, 1.807) is 0 Å². The molecule has 2 heterocycles. The van der Waals surface area contributed by atoms with Gasteiger partial charge in [-0.2, -0.15) is 4.98 Å². The molecular weight excluding hydrogens is 431 g/mol. The standard InChI is InChI=1S/C12H10BrN3O2.C7H6FNO/c13-7-1-2-10-8(5-7)9(6-14-10)12-15-11(3-4-17)18-16-12;8-6-3-1-5(2-4-6)7(9)10/h1-2,5-6,14,17H,3-4H2;1-4H,(H2,9,10). The average molecular weight is 447 g/mol. The van der Waals surface area contributed by atoms with Crippen molar-refractivity contribution in [2.24, 2.45) is 5.73 Å². The number of amides is 1. The smallest absolute Gasteiger partial charge is 0.248 e. The van der Waals surface area contributed by atoms with E-state index in [2.05, 4.69) is 31.1 Å². The minimum absolute atomic E-state index is 0.00106. The van der Waals surface area contributed by atoms with Gasteiger partial charge >= 0.3 is 0 Å². The van der Waals surface area contributed by atoms with E-state index in [4.69, 9.17) is 15.4 Å². The van der Waals surface area contributed by atoms with Crippen molar-refractivity contribution in [3.63, 3.8) is 0 Å². The van der Waals surface area contributed by atoms with Crippen molar-refractivity contribution < 1.29 is 18.8 Å². The second-order valence-corrected chi connectivity index (χ2v) is 6.66. The molecule has 0 bridgehead atoms. The summed E-state index contributed by atoms with van der Waals surface area (Å²) in [6.45, 7) is 0.00106. The number of nitrogens with zero attached hydrogens (tertiary/aromatic N) is 2. The molecule has 0 aliphatic rings. The lowest BCUT2D eigenvalue weighted by molar-refractivity contribution is 0.1000. The van der Waals surface area contributed by atoms with Gasteiger partial charge in [-0.05, 0) is 42.5 Å². The van der Waals surface area contributed by atoms with Crippen LogP contribution in [0.15, 0.2) is 57.7 Å². The molecule has 0 radical (unpaired) electrons. The van der Waals surface area contributed by atoms with E-state index in [1.165, 1.54) is 24.3 Å². The lowest BCUT2D eigenvalue weighted by Crippen LogP contribution is -2.10. The van der Waals surface area contributed by atoms with Crippen molar-refractivity contribution >= 4 is 32.7 Å². The third-order valence-corrected chi connectivity index (χ3v) is 4.30. The van der Waals surface area contributed by atoms with Crippen LogP contribution in [-0.4, -0.2) is 32.7 Å². The lowest BCUT2D eigenvalue weighted by Gasteiger charge is -1.93. The van der Waals surface area contributed by atoms with E-state index in [0.717, 1.165) is 20.9 Å². The van der Waals surface area contributed by atoms with Crippen molar-refractivity contribution in [2.75, 3.05) is 6.61 Å². The number of aliphatic hydroxyl groups is 1. The topological polar surface area (TPSA) is 118 Å². The summed E-state index contributed by atoms with van der Waals surface area (Å²) in [6.07, 6.45) is 2.23. The van der Waals surface area contributed by atoms with Gasteiger partial charge in [0, 0.05) is 32.7 Å². The van der Waals surface area contributed by atoms with Crippen LogP contribution in [0.2, 0.25) is 0 Å².